The van der Waals surface area contributed by atoms with E-state index >= 15 is 0 Å². The molecule has 0 atom stereocenters. The maximum Gasteiger partial charge on any atom is 0.243 e. The normalized spacial score (nSPS) is 17.0. The monoisotopic (exact) mass is 237 g/mol. The highest BCUT2D eigenvalue weighted by Gasteiger charge is 2.27. The van der Waals surface area contributed by atoms with Crippen molar-refractivity contribution in [1.82, 2.24) is 25.0 Å². The molecule has 0 bridgehead atoms. The Kier molecular flexibility index (Phi) is 3.19. The number of imide groups is 1. The molecule has 1 aromatic heterocycles. The van der Waals surface area contributed by atoms with Crippen molar-refractivity contribution in [2.75, 3.05) is 13.1 Å². The van der Waals surface area contributed by atoms with E-state index in [9.17, 15) is 9.59 Å². The van der Waals surface area contributed by atoms with Crippen molar-refractivity contribution in [2.24, 2.45) is 0 Å². The first-order valence-electron chi connectivity index (χ1n) is 5.52. The summed E-state index contributed by atoms with van der Waals surface area (Å²) in [6.45, 7) is 4.53. The summed E-state index contributed by atoms with van der Waals surface area (Å²) >= 11 is 0. The summed E-state index contributed by atoms with van der Waals surface area (Å²) in [7, 11) is 0. The van der Waals surface area contributed by atoms with Crippen molar-refractivity contribution in [3.63, 3.8) is 0 Å². The van der Waals surface area contributed by atoms with Gasteiger partial charge in [-0.25, -0.2) is 9.67 Å². The van der Waals surface area contributed by atoms with Crippen LogP contribution in [-0.4, -0.2) is 44.6 Å². The van der Waals surface area contributed by atoms with E-state index in [-0.39, 0.29) is 37.5 Å². The van der Waals surface area contributed by atoms with Crippen LogP contribution in [0.3, 0.4) is 0 Å². The van der Waals surface area contributed by atoms with Gasteiger partial charge in [0.05, 0.1) is 19.6 Å². The standard InChI is InChI=1S/C10H15N5O2/c1-7(2)15-8(12-6-13-15)5-14-9(16)3-11-4-10(14)17/h6-7,11H,3-5H2,1-2H3. The fourth-order valence-electron chi connectivity index (χ4n) is 1.74. The molecule has 1 aliphatic rings. The molecule has 0 aliphatic carbocycles. The molecule has 1 N–H and O–H groups in total. The Balaban J connectivity index is 2.16. The predicted molar refractivity (Wildman–Crippen MR) is 58.8 cm³/mol. The SMILES string of the molecule is CC(C)n1ncnc1CN1C(=O)CNCC1=O. The first-order chi connectivity index (χ1) is 8.09. The van der Waals surface area contributed by atoms with Gasteiger partial charge in [-0.15, -0.1) is 0 Å². The predicted octanol–water partition coefficient (Wildman–Crippen LogP) is -0.683. The second-order valence-corrected chi connectivity index (χ2v) is 4.19. The first-order valence-corrected chi connectivity index (χ1v) is 5.52. The van der Waals surface area contributed by atoms with Gasteiger partial charge in [0.2, 0.25) is 11.8 Å². The Bertz CT molecular complexity index is 424. The van der Waals surface area contributed by atoms with Crippen molar-refractivity contribution in [1.29, 1.82) is 0 Å². The molecule has 1 aromatic rings. The van der Waals surface area contributed by atoms with Crippen molar-refractivity contribution in [2.45, 2.75) is 26.4 Å². The van der Waals surface area contributed by atoms with E-state index in [0.29, 0.717) is 5.82 Å². The first kappa shape index (κ1) is 11.7. The summed E-state index contributed by atoms with van der Waals surface area (Å²) in [4.78, 5) is 28.5. The number of nitrogens with one attached hydrogen (secondary N) is 1. The van der Waals surface area contributed by atoms with Gasteiger partial charge in [-0.2, -0.15) is 5.10 Å². The van der Waals surface area contributed by atoms with Crippen LogP contribution in [0.2, 0.25) is 0 Å². The minimum absolute atomic E-state index is 0.153. The fourth-order valence-corrected chi connectivity index (χ4v) is 1.74. The van der Waals surface area contributed by atoms with E-state index < -0.39 is 0 Å². The third-order valence-electron chi connectivity index (χ3n) is 2.59. The van der Waals surface area contributed by atoms with E-state index in [1.54, 1.807) is 4.68 Å². The molecule has 1 saturated heterocycles. The van der Waals surface area contributed by atoms with Gasteiger partial charge in [-0.3, -0.25) is 19.8 Å². The molecular formula is C10H15N5O2. The van der Waals surface area contributed by atoms with Crippen LogP contribution >= 0.6 is 0 Å². The molecule has 92 valence electrons. The lowest BCUT2D eigenvalue weighted by Crippen LogP contribution is -2.51. The van der Waals surface area contributed by atoms with E-state index in [1.807, 2.05) is 13.8 Å². The van der Waals surface area contributed by atoms with Gasteiger partial charge in [0.1, 0.15) is 12.2 Å². The minimum Gasteiger partial charge on any atom is -0.300 e. The van der Waals surface area contributed by atoms with Gasteiger partial charge in [0.25, 0.3) is 0 Å². The summed E-state index contributed by atoms with van der Waals surface area (Å²) in [6.07, 6.45) is 1.44. The third-order valence-corrected chi connectivity index (χ3v) is 2.59. The molecule has 0 unspecified atom stereocenters. The van der Waals surface area contributed by atoms with Crippen molar-refractivity contribution < 1.29 is 9.59 Å². The lowest BCUT2D eigenvalue weighted by atomic mass is 10.3. The number of piperazine rings is 1. The second kappa shape index (κ2) is 4.62. The van der Waals surface area contributed by atoms with Gasteiger partial charge in [-0.1, -0.05) is 0 Å². The second-order valence-electron chi connectivity index (χ2n) is 4.19. The Morgan fingerprint density at radius 1 is 1.35 bits per heavy atom. The van der Waals surface area contributed by atoms with E-state index in [4.69, 9.17) is 0 Å². The molecule has 0 aromatic carbocycles. The number of nitrogens with zero attached hydrogens (tertiary/aromatic N) is 4. The van der Waals surface area contributed by atoms with Gasteiger partial charge in [-0.05, 0) is 13.8 Å². The smallest absolute Gasteiger partial charge is 0.243 e. The number of rotatable bonds is 3. The minimum atomic E-state index is -0.223. The highest BCUT2D eigenvalue weighted by Crippen LogP contribution is 2.09. The summed E-state index contributed by atoms with van der Waals surface area (Å²) in [5.41, 5.74) is 0. The number of hydrogen-bond donors (Lipinski definition) is 1. The Hall–Kier alpha value is -1.76. The average Bonchev–Trinajstić information content (AvgIpc) is 2.72. The topological polar surface area (TPSA) is 80.1 Å². The van der Waals surface area contributed by atoms with Crippen molar-refractivity contribution in [3.05, 3.63) is 12.2 Å². The number of aromatic nitrogens is 3. The van der Waals surface area contributed by atoms with E-state index in [0.717, 1.165) is 0 Å². The lowest BCUT2D eigenvalue weighted by molar-refractivity contribution is -0.147. The molecule has 0 radical (unpaired) electrons. The maximum absolute atomic E-state index is 11.6. The molecule has 1 fully saturated rings. The lowest BCUT2D eigenvalue weighted by Gasteiger charge is -2.25. The van der Waals surface area contributed by atoms with Crippen LogP contribution in [0.25, 0.3) is 0 Å². The molecule has 1 aliphatic heterocycles. The molecule has 7 nitrogen and oxygen atoms in total. The number of carbonyl (C=O) groups excluding carboxylic acids is 2. The summed E-state index contributed by atoms with van der Waals surface area (Å²) in [5.74, 6) is 0.183. The van der Waals surface area contributed by atoms with E-state index in [1.165, 1.54) is 11.2 Å². The number of amides is 2. The van der Waals surface area contributed by atoms with Crippen molar-refractivity contribution >= 4 is 11.8 Å². The van der Waals surface area contributed by atoms with Crippen LogP contribution in [0.15, 0.2) is 6.33 Å². The summed E-state index contributed by atoms with van der Waals surface area (Å²) in [6, 6.07) is 0.153. The number of carbonyl (C=O) groups is 2. The maximum atomic E-state index is 11.6. The van der Waals surface area contributed by atoms with Gasteiger partial charge >= 0.3 is 0 Å². The zero-order valence-electron chi connectivity index (χ0n) is 9.88. The quantitative estimate of drug-likeness (QED) is 0.704. The Morgan fingerprint density at radius 2 is 2.00 bits per heavy atom. The van der Waals surface area contributed by atoms with Crippen LogP contribution in [0.1, 0.15) is 25.7 Å². The summed E-state index contributed by atoms with van der Waals surface area (Å²) in [5, 5.41) is 6.82. The molecule has 2 amide bonds. The molecule has 2 heterocycles. The van der Waals surface area contributed by atoms with Crippen LogP contribution < -0.4 is 5.32 Å². The highest BCUT2D eigenvalue weighted by molar-refractivity contribution is 5.99. The average molecular weight is 237 g/mol. The third kappa shape index (κ3) is 2.33. The molecule has 17 heavy (non-hydrogen) atoms. The number of hydrogen-bond acceptors (Lipinski definition) is 5. The fraction of sp³-hybridized carbons (Fsp3) is 0.600. The van der Waals surface area contributed by atoms with Crippen molar-refractivity contribution in [3.8, 4) is 0 Å². The van der Waals surface area contributed by atoms with Crippen LogP contribution in [0, 0.1) is 0 Å². The van der Waals surface area contributed by atoms with Crippen LogP contribution in [0.4, 0.5) is 0 Å². The molecule has 0 spiro atoms. The molecule has 0 saturated carbocycles. The summed E-state index contributed by atoms with van der Waals surface area (Å²) < 4.78 is 1.71. The Morgan fingerprint density at radius 3 is 2.59 bits per heavy atom. The van der Waals surface area contributed by atoms with E-state index in [2.05, 4.69) is 15.4 Å². The van der Waals surface area contributed by atoms with Crippen LogP contribution in [0.5, 0.6) is 0 Å². The zero-order chi connectivity index (χ0) is 12.4. The van der Waals surface area contributed by atoms with Gasteiger partial charge in [0.15, 0.2) is 0 Å². The molecule has 7 heteroatoms. The largest absolute Gasteiger partial charge is 0.300 e. The zero-order valence-corrected chi connectivity index (χ0v) is 9.88. The molecular weight excluding hydrogens is 222 g/mol. The van der Waals surface area contributed by atoms with Gasteiger partial charge in [0, 0.05) is 6.04 Å². The molecule has 2 rings (SSSR count). The Labute approximate surface area is 98.8 Å². The highest BCUT2D eigenvalue weighted by atomic mass is 16.2. The van der Waals surface area contributed by atoms with Crippen LogP contribution in [-0.2, 0) is 16.1 Å². The van der Waals surface area contributed by atoms with Gasteiger partial charge < -0.3 is 0 Å².